The fourth-order valence-corrected chi connectivity index (χ4v) is 7.49. The molecular formula is C32H41ClN4. The van der Waals surface area contributed by atoms with Crippen LogP contribution in [-0.4, -0.2) is 35.6 Å². The molecule has 5 heteroatoms. The maximum Gasteiger partial charge on any atom is 0.136 e. The Balaban J connectivity index is 1.04. The molecule has 1 saturated heterocycles. The number of benzene rings is 1. The Bertz CT molecular complexity index is 1220. The lowest BCUT2D eigenvalue weighted by Gasteiger charge is -2.52. The standard InChI is InChI=1S/C32H41ClN4/c1-5-31(4)19-27(20-31)37-22(2)8-9-25-17-24(21-34-30(25)37)7-6-14-36-15-12-32(13-16-36)23(3)35-29-11-10-26(33)18-28(29)32/h10-11,17-18,21,27,35H,2-3,5-9,12-16,19-20H2,1,4H3. The van der Waals surface area contributed by atoms with Gasteiger partial charge in [0, 0.05) is 39.8 Å². The van der Waals surface area contributed by atoms with Crippen LogP contribution in [0.3, 0.4) is 0 Å². The van der Waals surface area contributed by atoms with Crippen molar-refractivity contribution in [3.63, 3.8) is 0 Å². The van der Waals surface area contributed by atoms with Gasteiger partial charge in [0.15, 0.2) is 0 Å². The number of rotatable bonds is 6. The molecule has 1 aromatic carbocycles. The van der Waals surface area contributed by atoms with Crippen molar-refractivity contribution in [3.8, 4) is 0 Å². The molecule has 4 heterocycles. The number of likely N-dealkylation sites (tertiary alicyclic amines) is 1. The molecule has 1 aromatic heterocycles. The highest BCUT2D eigenvalue weighted by Gasteiger charge is 2.45. The van der Waals surface area contributed by atoms with Crippen molar-refractivity contribution in [2.75, 3.05) is 29.9 Å². The Hall–Kier alpha value is -2.30. The van der Waals surface area contributed by atoms with Crippen molar-refractivity contribution in [3.05, 3.63) is 76.7 Å². The topological polar surface area (TPSA) is 31.4 Å². The van der Waals surface area contributed by atoms with Gasteiger partial charge in [0.2, 0.25) is 0 Å². The van der Waals surface area contributed by atoms with E-state index in [0.717, 1.165) is 62.5 Å². The van der Waals surface area contributed by atoms with E-state index in [-0.39, 0.29) is 5.41 Å². The molecule has 0 atom stereocenters. The number of hydrogen-bond acceptors (Lipinski definition) is 4. The van der Waals surface area contributed by atoms with Crippen molar-refractivity contribution in [2.24, 2.45) is 5.41 Å². The van der Waals surface area contributed by atoms with Gasteiger partial charge >= 0.3 is 0 Å². The predicted molar refractivity (Wildman–Crippen MR) is 155 cm³/mol. The summed E-state index contributed by atoms with van der Waals surface area (Å²) in [6.45, 7) is 16.9. The molecule has 0 amide bonds. The Kier molecular flexibility index (Phi) is 6.40. The van der Waals surface area contributed by atoms with Crippen LogP contribution in [0.15, 0.2) is 55.0 Å². The maximum absolute atomic E-state index is 6.35. The van der Waals surface area contributed by atoms with Crippen molar-refractivity contribution in [1.82, 2.24) is 9.88 Å². The zero-order valence-corrected chi connectivity index (χ0v) is 23.3. The van der Waals surface area contributed by atoms with E-state index in [4.69, 9.17) is 16.6 Å². The quantitative estimate of drug-likeness (QED) is 0.431. The van der Waals surface area contributed by atoms with Gasteiger partial charge in [-0.15, -0.1) is 0 Å². The summed E-state index contributed by atoms with van der Waals surface area (Å²) in [5.74, 6) is 1.18. The largest absolute Gasteiger partial charge is 0.358 e. The van der Waals surface area contributed by atoms with Crippen molar-refractivity contribution < 1.29 is 0 Å². The second-order valence-corrected chi connectivity index (χ2v) is 12.7. The number of aryl methyl sites for hydroxylation is 2. The summed E-state index contributed by atoms with van der Waals surface area (Å²) in [6, 6.07) is 9.21. The van der Waals surface area contributed by atoms with Crippen LogP contribution in [0.25, 0.3) is 0 Å². The maximum atomic E-state index is 6.35. The van der Waals surface area contributed by atoms with Gasteiger partial charge in [0.05, 0.1) is 0 Å². The van der Waals surface area contributed by atoms with E-state index in [0.29, 0.717) is 11.5 Å². The Morgan fingerprint density at radius 1 is 1.14 bits per heavy atom. The molecule has 1 aliphatic carbocycles. The van der Waals surface area contributed by atoms with E-state index < -0.39 is 0 Å². The zero-order chi connectivity index (χ0) is 25.8. The highest BCUT2D eigenvalue weighted by atomic mass is 35.5. The number of halogens is 1. The molecule has 2 aromatic rings. The van der Waals surface area contributed by atoms with Crippen LogP contribution in [0.1, 0.15) is 75.5 Å². The first kappa shape index (κ1) is 25.0. The number of allylic oxidation sites excluding steroid dienone is 2. The summed E-state index contributed by atoms with van der Waals surface area (Å²) < 4.78 is 0. The molecule has 0 bridgehead atoms. The first-order valence-corrected chi connectivity index (χ1v) is 14.6. The van der Waals surface area contributed by atoms with Crippen LogP contribution < -0.4 is 10.2 Å². The van der Waals surface area contributed by atoms with E-state index in [1.807, 2.05) is 6.07 Å². The number of aromatic nitrogens is 1. The minimum Gasteiger partial charge on any atom is -0.358 e. The SMILES string of the molecule is C=C1CCc2cc(CCCN3CCC4(CC3)C(=C)Nc3ccc(Cl)cc34)cnc2N1C1CC(C)(CC)C1. The van der Waals surface area contributed by atoms with E-state index in [1.165, 1.54) is 59.6 Å². The minimum absolute atomic E-state index is 0.0318. The summed E-state index contributed by atoms with van der Waals surface area (Å²) in [6.07, 6.45) is 12.5. The highest BCUT2D eigenvalue weighted by molar-refractivity contribution is 6.30. The second kappa shape index (κ2) is 9.47. The van der Waals surface area contributed by atoms with Gasteiger partial charge in [-0.25, -0.2) is 4.98 Å². The van der Waals surface area contributed by atoms with Gasteiger partial charge in [0.1, 0.15) is 5.82 Å². The lowest BCUT2D eigenvalue weighted by Crippen LogP contribution is -2.50. The number of piperidine rings is 1. The van der Waals surface area contributed by atoms with Crippen molar-refractivity contribution >= 4 is 23.1 Å². The summed E-state index contributed by atoms with van der Waals surface area (Å²) in [5, 5.41) is 4.34. The van der Waals surface area contributed by atoms with Gasteiger partial charge in [-0.2, -0.15) is 0 Å². The lowest BCUT2D eigenvalue weighted by molar-refractivity contribution is 0.119. The third-order valence-electron chi connectivity index (χ3n) is 9.94. The molecule has 2 fully saturated rings. The Labute approximate surface area is 227 Å². The molecule has 0 radical (unpaired) electrons. The molecule has 6 rings (SSSR count). The fourth-order valence-electron chi connectivity index (χ4n) is 7.32. The first-order valence-electron chi connectivity index (χ1n) is 14.2. The average molecular weight is 517 g/mol. The van der Waals surface area contributed by atoms with E-state index in [1.54, 1.807) is 0 Å². The predicted octanol–water partition coefficient (Wildman–Crippen LogP) is 7.49. The van der Waals surface area contributed by atoms with Crippen LogP contribution in [0.4, 0.5) is 11.5 Å². The number of fused-ring (bicyclic) bond motifs is 3. The zero-order valence-electron chi connectivity index (χ0n) is 22.6. The van der Waals surface area contributed by atoms with Gasteiger partial charge in [-0.1, -0.05) is 51.1 Å². The smallest absolute Gasteiger partial charge is 0.136 e. The van der Waals surface area contributed by atoms with Gasteiger partial charge in [-0.3, -0.25) is 0 Å². The Morgan fingerprint density at radius 2 is 1.92 bits per heavy atom. The first-order chi connectivity index (χ1) is 17.8. The van der Waals surface area contributed by atoms with E-state index in [9.17, 15) is 0 Å². The molecule has 1 N–H and O–H groups in total. The summed E-state index contributed by atoms with van der Waals surface area (Å²) in [4.78, 5) is 10.1. The number of nitrogens with one attached hydrogen (secondary N) is 1. The average Bonchev–Trinajstić information content (AvgIpc) is 3.14. The molecule has 37 heavy (non-hydrogen) atoms. The number of nitrogens with zero attached hydrogens (tertiary/aromatic N) is 3. The van der Waals surface area contributed by atoms with Gasteiger partial charge in [0.25, 0.3) is 0 Å². The summed E-state index contributed by atoms with van der Waals surface area (Å²) in [7, 11) is 0. The lowest BCUT2D eigenvalue weighted by atomic mass is 9.64. The molecule has 4 nitrogen and oxygen atoms in total. The van der Waals surface area contributed by atoms with Crippen LogP contribution in [0.2, 0.25) is 5.02 Å². The second-order valence-electron chi connectivity index (χ2n) is 12.3. The summed E-state index contributed by atoms with van der Waals surface area (Å²) >= 11 is 6.35. The van der Waals surface area contributed by atoms with Gasteiger partial charge in [-0.05, 0) is 111 Å². The third-order valence-corrected chi connectivity index (χ3v) is 10.2. The normalized spacial score (nSPS) is 26.6. The molecule has 1 spiro atoms. The number of anilines is 2. The van der Waals surface area contributed by atoms with Crippen molar-refractivity contribution in [1.29, 1.82) is 0 Å². The Morgan fingerprint density at radius 3 is 2.68 bits per heavy atom. The molecular weight excluding hydrogens is 476 g/mol. The van der Waals surface area contributed by atoms with Crippen LogP contribution in [-0.2, 0) is 18.3 Å². The number of pyridine rings is 1. The van der Waals surface area contributed by atoms with E-state index in [2.05, 4.69) is 66.5 Å². The number of hydrogen-bond donors (Lipinski definition) is 1. The van der Waals surface area contributed by atoms with Crippen LogP contribution in [0.5, 0.6) is 0 Å². The molecule has 1 saturated carbocycles. The third kappa shape index (κ3) is 4.40. The van der Waals surface area contributed by atoms with Crippen molar-refractivity contribution in [2.45, 2.75) is 83.1 Å². The summed E-state index contributed by atoms with van der Waals surface area (Å²) in [5.41, 5.74) is 8.23. The molecule has 3 aliphatic heterocycles. The highest BCUT2D eigenvalue weighted by Crippen LogP contribution is 2.51. The molecule has 196 valence electrons. The van der Waals surface area contributed by atoms with Gasteiger partial charge < -0.3 is 15.1 Å². The monoisotopic (exact) mass is 516 g/mol. The van der Waals surface area contributed by atoms with Crippen LogP contribution >= 0.6 is 11.6 Å². The molecule has 0 unspecified atom stereocenters. The fraction of sp³-hybridized carbons (Fsp3) is 0.531. The minimum atomic E-state index is 0.0318. The van der Waals surface area contributed by atoms with Crippen LogP contribution in [0, 0.1) is 5.41 Å². The molecule has 4 aliphatic rings. The van der Waals surface area contributed by atoms with E-state index >= 15 is 0 Å².